The smallest absolute Gasteiger partial charge is 0.270 e. The number of fused-ring (bicyclic) bond motifs is 1. The lowest BCUT2D eigenvalue weighted by Crippen LogP contribution is -1.93. The summed E-state index contributed by atoms with van der Waals surface area (Å²) < 4.78 is 0. The second-order valence-electron chi connectivity index (χ2n) is 2.81. The van der Waals surface area contributed by atoms with Gasteiger partial charge in [0.05, 0.1) is 5.52 Å². The lowest BCUT2D eigenvalue weighted by atomic mass is 10.2. The highest BCUT2D eigenvalue weighted by atomic mass is 35.5. The molecule has 0 bridgehead atoms. The molecule has 0 unspecified atom stereocenters. The van der Waals surface area contributed by atoms with E-state index in [9.17, 15) is 9.90 Å². The fraction of sp³-hybridized carbons (Fsp3) is 0. The number of carbonyl (C=O) groups is 1. The molecule has 0 fully saturated rings. The average molecular weight is 208 g/mol. The van der Waals surface area contributed by atoms with Crippen molar-refractivity contribution in [2.24, 2.45) is 0 Å². The van der Waals surface area contributed by atoms with Crippen LogP contribution in [0.3, 0.4) is 0 Å². The van der Waals surface area contributed by atoms with E-state index in [0.29, 0.717) is 10.9 Å². The van der Waals surface area contributed by atoms with Gasteiger partial charge in [-0.05, 0) is 35.9 Å². The molecule has 0 saturated heterocycles. The highest BCUT2D eigenvalue weighted by Gasteiger charge is 2.05. The fourth-order valence-corrected chi connectivity index (χ4v) is 1.35. The Morgan fingerprint density at radius 2 is 2.07 bits per heavy atom. The Hall–Kier alpha value is -1.61. The molecule has 0 radical (unpaired) electrons. The van der Waals surface area contributed by atoms with E-state index in [1.807, 2.05) is 0 Å². The predicted octanol–water partition coefficient (Wildman–Crippen LogP) is 2.32. The number of hydrogen-bond acceptors (Lipinski definition) is 3. The number of hydrogen-bond donors (Lipinski definition) is 1. The second-order valence-corrected chi connectivity index (χ2v) is 3.16. The molecule has 3 nitrogen and oxygen atoms in total. The Morgan fingerprint density at radius 1 is 1.29 bits per heavy atom. The Labute approximate surface area is 85.0 Å². The third-order valence-corrected chi connectivity index (χ3v) is 2.10. The van der Waals surface area contributed by atoms with Crippen LogP contribution in [0.25, 0.3) is 10.9 Å². The number of benzene rings is 1. The van der Waals surface area contributed by atoms with Gasteiger partial charge in [-0.25, -0.2) is 4.98 Å². The molecule has 0 aliphatic heterocycles. The molecule has 4 heteroatoms. The van der Waals surface area contributed by atoms with Crippen molar-refractivity contribution < 1.29 is 9.90 Å². The van der Waals surface area contributed by atoms with Crippen LogP contribution in [0.1, 0.15) is 10.5 Å². The van der Waals surface area contributed by atoms with Crippen LogP contribution in [-0.4, -0.2) is 15.3 Å². The van der Waals surface area contributed by atoms with Gasteiger partial charge in [0.15, 0.2) is 0 Å². The first-order valence-corrected chi connectivity index (χ1v) is 4.35. The summed E-state index contributed by atoms with van der Waals surface area (Å²) in [6.07, 6.45) is 0. The quantitative estimate of drug-likeness (QED) is 0.731. The molecule has 0 spiro atoms. The normalized spacial score (nSPS) is 10.4. The van der Waals surface area contributed by atoms with E-state index in [4.69, 9.17) is 11.6 Å². The molecule has 0 saturated carbocycles. The van der Waals surface area contributed by atoms with Gasteiger partial charge in [0, 0.05) is 5.39 Å². The standard InChI is InChI=1S/C10H6ClNO2/c11-10(14)8-5-4-6-7(12-8)2-1-3-9(6)13/h1-5,13H. The summed E-state index contributed by atoms with van der Waals surface area (Å²) in [6.45, 7) is 0. The molecule has 1 aromatic heterocycles. The van der Waals surface area contributed by atoms with Gasteiger partial charge in [0.2, 0.25) is 0 Å². The van der Waals surface area contributed by atoms with Gasteiger partial charge in [-0.3, -0.25) is 4.79 Å². The summed E-state index contributed by atoms with van der Waals surface area (Å²) in [7, 11) is 0. The van der Waals surface area contributed by atoms with Crippen molar-refractivity contribution in [3.8, 4) is 5.75 Å². The number of phenolic OH excluding ortho intramolecular Hbond substituents is 1. The molecule has 0 atom stereocenters. The maximum atomic E-state index is 10.8. The molecule has 2 rings (SSSR count). The van der Waals surface area contributed by atoms with Crippen molar-refractivity contribution in [1.82, 2.24) is 4.98 Å². The summed E-state index contributed by atoms with van der Waals surface area (Å²) >= 11 is 5.28. The van der Waals surface area contributed by atoms with Crippen LogP contribution < -0.4 is 0 Å². The van der Waals surface area contributed by atoms with Crippen molar-refractivity contribution in [3.63, 3.8) is 0 Å². The van der Waals surface area contributed by atoms with Crippen LogP contribution in [0, 0.1) is 0 Å². The van der Waals surface area contributed by atoms with E-state index in [-0.39, 0.29) is 11.4 Å². The zero-order valence-corrected chi connectivity index (χ0v) is 7.82. The van der Waals surface area contributed by atoms with E-state index in [0.717, 1.165) is 0 Å². The third-order valence-electron chi connectivity index (χ3n) is 1.91. The van der Waals surface area contributed by atoms with Gasteiger partial charge >= 0.3 is 0 Å². The van der Waals surface area contributed by atoms with Crippen LogP contribution in [0.4, 0.5) is 0 Å². The van der Waals surface area contributed by atoms with Gasteiger partial charge < -0.3 is 5.11 Å². The molecule has 1 heterocycles. The number of pyridine rings is 1. The lowest BCUT2D eigenvalue weighted by molar-refractivity contribution is 0.107. The van der Waals surface area contributed by atoms with Crippen molar-refractivity contribution in [1.29, 1.82) is 0 Å². The summed E-state index contributed by atoms with van der Waals surface area (Å²) in [6, 6.07) is 8.03. The van der Waals surface area contributed by atoms with Crippen LogP contribution in [0.15, 0.2) is 30.3 Å². The first-order valence-electron chi connectivity index (χ1n) is 3.97. The van der Waals surface area contributed by atoms with Crippen LogP contribution in [0.2, 0.25) is 0 Å². The van der Waals surface area contributed by atoms with Gasteiger partial charge in [0.25, 0.3) is 5.24 Å². The predicted molar refractivity (Wildman–Crippen MR) is 53.6 cm³/mol. The van der Waals surface area contributed by atoms with Gasteiger partial charge in [-0.1, -0.05) is 6.07 Å². The number of aromatic hydroxyl groups is 1. The van der Waals surface area contributed by atoms with E-state index in [1.54, 1.807) is 24.3 Å². The fourth-order valence-electron chi connectivity index (χ4n) is 1.25. The molecule has 0 amide bonds. The first kappa shape index (κ1) is 8.97. The second kappa shape index (κ2) is 3.27. The number of halogens is 1. The molecular weight excluding hydrogens is 202 g/mol. The first-order chi connectivity index (χ1) is 6.68. The molecule has 70 valence electrons. The maximum absolute atomic E-state index is 10.8. The topological polar surface area (TPSA) is 50.2 Å². The molecule has 1 N–H and O–H groups in total. The van der Waals surface area contributed by atoms with Gasteiger partial charge in [-0.2, -0.15) is 0 Å². The zero-order valence-electron chi connectivity index (χ0n) is 7.07. The monoisotopic (exact) mass is 207 g/mol. The lowest BCUT2D eigenvalue weighted by Gasteiger charge is -2.00. The van der Waals surface area contributed by atoms with Crippen molar-refractivity contribution in [2.45, 2.75) is 0 Å². The number of carbonyl (C=O) groups excluding carboxylic acids is 1. The largest absolute Gasteiger partial charge is 0.507 e. The minimum absolute atomic E-state index is 0.142. The summed E-state index contributed by atoms with van der Waals surface area (Å²) in [5.74, 6) is 0.142. The molecule has 14 heavy (non-hydrogen) atoms. The highest BCUT2D eigenvalue weighted by molar-refractivity contribution is 6.67. The molecule has 0 aliphatic carbocycles. The number of nitrogens with zero attached hydrogens (tertiary/aromatic N) is 1. The average Bonchev–Trinajstić information content (AvgIpc) is 2.17. The molecule has 0 aliphatic rings. The number of phenols is 1. The Balaban J connectivity index is 2.73. The maximum Gasteiger partial charge on any atom is 0.270 e. The van der Waals surface area contributed by atoms with Crippen molar-refractivity contribution in [2.75, 3.05) is 0 Å². The van der Waals surface area contributed by atoms with Crippen LogP contribution >= 0.6 is 11.6 Å². The van der Waals surface area contributed by atoms with E-state index >= 15 is 0 Å². The molecule has 2 aromatic rings. The summed E-state index contributed by atoms with van der Waals surface area (Å²) in [5, 5.41) is 9.45. The summed E-state index contributed by atoms with van der Waals surface area (Å²) in [5.41, 5.74) is 0.737. The van der Waals surface area contributed by atoms with E-state index in [1.165, 1.54) is 6.07 Å². The third kappa shape index (κ3) is 1.42. The minimum Gasteiger partial charge on any atom is -0.507 e. The van der Waals surface area contributed by atoms with Crippen molar-refractivity contribution in [3.05, 3.63) is 36.0 Å². The highest BCUT2D eigenvalue weighted by Crippen LogP contribution is 2.22. The SMILES string of the molecule is O=C(Cl)c1ccc2c(O)cccc2n1. The summed E-state index contributed by atoms with van der Waals surface area (Å²) in [4.78, 5) is 14.8. The Morgan fingerprint density at radius 3 is 2.79 bits per heavy atom. The number of aromatic nitrogens is 1. The molecular formula is C10H6ClNO2. The zero-order chi connectivity index (χ0) is 10.1. The van der Waals surface area contributed by atoms with Gasteiger partial charge in [0.1, 0.15) is 11.4 Å². The van der Waals surface area contributed by atoms with Crippen molar-refractivity contribution >= 4 is 27.7 Å². The Bertz CT molecular complexity index is 510. The van der Waals surface area contributed by atoms with E-state index in [2.05, 4.69) is 4.98 Å². The minimum atomic E-state index is -0.602. The Kier molecular flexibility index (Phi) is 2.09. The van der Waals surface area contributed by atoms with E-state index < -0.39 is 5.24 Å². The molecule has 1 aromatic carbocycles. The van der Waals surface area contributed by atoms with Crippen LogP contribution in [-0.2, 0) is 0 Å². The van der Waals surface area contributed by atoms with Crippen LogP contribution in [0.5, 0.6) is 5.75 Å². The number of rotatable bonds is 1. The van der Waals surface area contributed by atoms with Gasteiger partial charge in [-0.15, -0.1) is 0 Å².